The van der Waals surface area contributed by atoms with Gasteiger partial charge in [-0.1, -0.05) is 60.7 Å². The minimum Gasteiger partial charge on any atom is -0.493 e. The zero-order valence-corrected chi connectivity index (χ0v) is 15.4. The fourth-order valence-corrected chi connectivity index (χ4v) is 4.40. The number of benzene rings is 3. The molecule has 0 spiro atoms. The van der Waals surface area contributed by atoms with Gasteiger partial charge < -0.3 is 9.47 Å². The fourth-order valence-electron chi connectivity index (χ4n) is 4.40. The summed E-state index contributed by atoms with van der Waals surface area (Å²) in [5.41, 5.74) is 2.44. The first-order valence-electron chi connectivity index (χ1n) is 9.46. The molecule has 0 radical (unpaired) electrons. The minimum atomic E-state index is 0.0381. The Kier molecular flexibility index (Phi) is 4.32. The van der Waals surface area contributed by atoms with E-state index in [-0.39, 0.29) is 12.1 Å². The van der Waals surface area contributed by atoms with E-state index in [2.05, 4.69) is 65.7 Å². The molecule has 2 aliphatic rings. The molecule has 0 saturated carbocycles. The van der Waals surface area contributed by atoms with E-state index < -0.39 is 0 Å². The third-order valence-electron chi connectivity index (χ3n) is 5.65. The predicted octanol–water partition coefficient (Wildman–Crippen LogP) is 4.52. The monoisotopic (exact) mass is 361 g/mol. The van der Waals surface area contributed by atoms with Crippen LogP contribution in [0.4, 0.5) is 0 Å². The van der Waals surface area contributed by atoms with Gasteiger partial charge in [0.1, 0.15) is 5.75 Å². The quantitative estimate of drug-likeness (QED) is 0.683. The van der Waals surface area contributed by atoms with E-state index in [4.69, 9.17) is 14.3 Å². The zero-order chi connectivity index (χ0) is 18.2. The number of ether oxygens (including phenoxy) is 2. The number of methoxy groups -OCH3 is 1. The largest absolute Gasteiger partial charge is 0.493 e. The molecule has 0 unspecified atom stereocenters. The third kappa shape index (κ3) is 2.81. The minimum absolute atomic E-state index is 0.0381. The molecule has 3 aromatic carbocycles. The second kappa shape index (κ2) is 6.97. The number of rotatable bonds is 4. The maximum atomic E-state index is 6.25. The van der Waals surface area contributed by atoms with E-state index in [1.165, 1.54) is 21.9 Å². The molecule has 0 aliphatic carbocycles. The summed E-state index contributed by atoms with van der Waals surface area (Å²) in [5.74, 6) is 1.28. The Morgan fingerprint density at radius 2 is 1.81 bits per heavy atom. The molecule has 0 amide bonds. The molecule has 0 aromatic heterocycles. The summed E-state index contributed by atoms with van der Waals surface area (Å²) in [6.45, 7) is 1.93. The summed E-state index contributed by atoms with van der Waals surface area (Å²) in [4.78, 5) is 6.25. The van der Waals surface area contributed by atoms with Crippen LogP contribution in [-0.2, 0) is 9.57 Å². The Morgan fingerprint density at radius 1 is 1.00 bits per heavy atom. The van der Waals surface area contributed by atoms with Gasteiger partial charge in [0.25, 0.3) is 0 Å². The molecular formula is C23H23NO3. The third-order valence-corrected chi connectivity index (χ3v) is 5.65. The number of nitrogens with zero attached hydrogens (tertiary/aromatic N) is 1. The van der Waals surface area contributed by atoms with Crippen LogP contribution in [0.5, 0.6) is 5.75 Å². The Morgan fingerprint density at radius 3 is 2.67 bits per heavy atom. The first kappa shape index (κ1) is 16.8. The molecule has 0 N–H and O–H groups in total. The number of hydrogen-bond acceptors (Lipinski definition) is 4. The van der Waals surface area contributed by atoms with Crippen LogP contribution in [0.1, 0.15) is 23.2 Å². The van der Waals surface area contributed by atoms with Crippen LogP contribution in [0.25, 0.3) is 10.8 Å². The van der Waals surface area contributed by atoms with Crippen molar-refractivity contribution in [2.75, 3.05) is 26.9 Å². The molecule has 27 heavy (non-hydrogen) atoms. The van der Waals surface area contributed by atoms with Crippen LogP contribution in [0.3, 0.4) is 0 Å². The average molecular weight is 361 g/mol. The van der Waals surface area contributed by atoms with Crippen molar-refractivity contribution in [1.29, 1.82) is 0 Å². The smallest absolute Gasteiger partial charge is 0.124 e. The van der Waals surface area contributed by atoms with E-state index in [0.29, 0.717) is 25.7 Å². The van der Waals surface area contributed by atoms with E-state index in [1.807, 2.05) is 6.07 Å². The van der Waals surface area contributed by atoms with Gasteiger partial charge in [-0.25, -0.2) is 0 Å². The lowest BCUT2D eigenvalue weighted by atomic mass is 9.87. The van der Waals surface area contributed by atoms with Gasteiger partial charge in [0.05, 0.1) is 31.9 Å². The lowest BCUT2D eigenvalue weighted by Crippen LogP contribution is -2.35. The molecule has 0 bridgehead atoms. The van der Waals surface area contributed by atoms with Crippen molar-refractivity contribution in [2.45, 2.75) is 12.1 Å². The van der Waals surface area contributed by atoms with Crippen molar-refractivity contribution in [3.63, 3.8) is 0 Å². The summed E-state index contributed by atoms with van der Waals surface area (Å²) in [5, 5.41) is 4.62. The van der Waals surface area contributed by atoms with Crippen molar-refractivity contribution >= 4 is 10.8 Å². The predicted molar refractivity (Wildman–Crippen MR) is 105 cm³/mol. The second-order valence-electron chi connectivity index (χ2n) is 7.25. The first-order valence-corrected chi connectivity index (χ1v) is 9.46. The standard InChI is InChI=1S/C23H23NO3/c1-25-15-20(17-8-3-2-4-9-17)24-23-18(14-27-24)13-26-21-12-11-16-7-5-6-10-19(16)22(21)23/h2-12,18,20,23H,13-15H2,1H3/t18-,20-,23+/m0/s1. The van der Waals surface area contributed by atoms with Crippen LogP contribution in [-0.4, -0.2) is 32.0 Å². The molecule has 2 aliphatic heterocycles. The summed E-state index contributed by atoms with van der Waals surface area (Å²) in [6, 6.07) is 23.4. The number of hydrogen-bond donors (Lipinski definition) is 0. The maximum Gasteiger partial charge on any atom is 0.124 e. The molecule has 4 nitrogen and oxygen atoms in total. The summed E-state index contributed by atoms with van der Waals surface area (Å²) in [6.07, 6.45) is 0. The number of fused-ring (bicyclic) bond motifs is 5. The Labute approximate surface area is 159 Å². The second-order valence-corrected chi connectivity index (χ2v) is 7.25. The van der Waals surface area contributed by atoms with Gasteiger partial charge >= 0.3 is 0 Å². The van der Waals surface area contributed by atoms with Crippen molar-refractivity contribution in [3.8, 4) is 5.75 Å². The maximum absolute atomic E-state index is 6.25. The van der Waals surface area contributed by atoms with E-state index >= 15 is 0 Å². The van der Waals surface area contributed by atoms with Gasteiger partial charge in [-0.15, -0.1) is 0 Å². The molecule has 3 atom stereocenters. The molecule has 1 fully saturated rings. The first-order chi connectivity index (χ1) is 13.4. The Bertz CT molecular complexity index is 943. The van der Waals surface area contributed by atoms with Crippen molar-refractivity contribution in [2.24, 2.45) is 5.92 Å². The molecule has 3 aromatic rings. The Hall–Kier alpha value is -2.40. The van der Waals surface area contributed by atoms with Crippen molar-refractivity contribution in [3.05, 3.63) is 77.9 Å². The lowest BCUT2D eigenvalue weighted by molar-refractivity contribution is -0.177. The van der Waals surface area contributed by atoms with Gasteiger partial charge in [-0.2, -0.15) is 5.06 Å². The van der Waals surface area contributed by atoms with Gasteiger partial charge in [-0.05, 0) is 22.4 Å². The summed E-state index contributed by atoms with van der Waals surface area (Å²) < 4.78 is 11.7. The Balaban J connectivity index is 1.63. The van der Waals surface area contributed by atoms with E-state index in [0.717, 1.165) is 5.75 Å². The van der Waals surface area contributed by atoms with E-state index in [9.17, 15) is 0 Å². The topological polar surface area (TPSA) is 30.9 Å². The van der Waals surface area contributed by atoms with E-state index in [1.54, 1.807) is 7.11 Å². The molecule has 2 heterocycles. The molecule has 5 rings (SSSR count). The van der Waals surface area contributed by atoms with Gasteiger partial charge in [0.15, 0.2) is 0 Å². The van der Waals surface area contributed by atoms with Gasteiger partial charge in [0.2, 0.25) is 0 Å². The highest BCUT2D eigenvalue weighted by molar-refractivity contribution is 5.88. The van der Waals surface area contributed by atoms with Crippen LogP contribution < -0.4 is 4.74 Å². The zero-order valence-electron chi connectivity index (χ0n) is 15.4. The fraction of sp³-hybridized carbons (Fsp3) is 0.304. The van der Waals surface area contributed by atoms with Crippen molar-refractivity contribution in [1.82, 2.24) is 5.06 Å². The summed E-state index contributed by atoms with van der Waals surface area (Å²) >= 11 is 0. The average Bonchev–Trinajstić information content (AvgIpc) is 3.16. The molecule has 4 heteroatoms. The lowest BCUT2D eigenvalue weighted by Gasteiger charge is -2.36. The van der Waals surface area contributed by atoms with Crippen LogP contribution in [0.15, 0.2) is 66.7 Å². The normalized spacial score (nSPS) is 22.9. The summed E-state index contributed by atoms with van der Waals surface area (Å²) in [7, 11) is 1.75. The van der Waals surface area contributed by atoms with Crippen LogP contribution in [0.2, 0.25) is 0 Å². The molecule has 138 valence electrons. The molecule has 1 saturated heterocycles. The highest BCUT2D eigenvalue weighted by atomic mass is 16.7. The highest BCUT2D eigenvalue weighted by Gasteiger charge is 2.45. The SMILES string of the molecule is COC[C@@H](c1ccccc1)N1OC[C@@H]2COc3ccc4ccccc4c3[C@@H]21. The van der Waals surface area contributed by atoms with Gasteiger partial charge in [-0.3, -0.25) is 4.84 Å². The van der Waals surface area contributed by atoms with Crippen LogP contribution in [0, 0.1) is 5.92 Å². The van der Waals surface area contributed by atoms with Crippen molar-refractivity contribution < 1.29 is 14.3 Å². The van der Waals surface area contributed by atoms with Gasteiger partial charge in [0, 0.05) is 18.6 Å². The highest BCUT2D eigenvalue weighted by Crippen LogP contribution is 2.49. The number of hydroxylamine groups is 2. The van der Waals surface area contributed by atoms with Crippen LogP contribution >= 0.6 is 0 Å². The molecular weight excluding hydrogens is 338 g/mol.